The first kappa shape index (κ1) is 30.6. The van der Waals surface area contributed by atoms with E-state index in [1.54, 1.807) is 47.9 Å². The minimum absolute atomic E-state index is 0.00919. The van der Waals surface area contributed by atoms with Gasteiger partial charge in [0.05, 0.1) is 25.4 Å². The molecule has 0 saturated carbocycles. The lowest BCUT2D eigenvalue weighted by Crippen LogP contribution is -2.35. The molecule has 0 saturated heterocycles. The molecule has 1 amide bonds. The molecule has 1 aromatic heterocycles. The molecule has 44 heavy (non-hydrogen) atoms. The van der Waals surface area contributed by atoms with Crippen LogP contribution >= 0.6 is 11.6 Å². The number of alkyl halides is 1. The second-order valence-corrected chi connectivity index (χ2v) is 10.1. The van der Waals surface area contributed by atoms with Crippen molar-refractivity contribution >= 4 is 34.1 Å². The van der Waals surface area contributed by atoms with Crippen LogP contribution in [-0.2, 0) is 12.5 Å². The fourth-order valence-corrected chi connectivity index (χ4v) is 5.23. The summed E-state index contributed by atoms with van der Waals surface area (Å²) in [6.07, 6.45) is 1.41. The van der Waals surface area contributed by atoms with E-state index in [0.717, 1.165) is 34.2 Å². The number of halogens is 3. The molecule has 1 heterocycles. The zero-order valence-electron chi connectivity index (χ0n) is 24.3. The van der Waals surface area contributed by atoms with Crippen molar-refractivity contribution in [3.8, 4) is 22.9 Å². The van der Waals surface area contributed by atoms with Gasteiger partial charge in [0.1, 0.15) is 41.1 Å². The summed E-state index contributed by atoms with van der Waals surface area (Å²) < 4.78 is 46.9. The van der Waals surface area contributed by atoms with Crippen molar-refractivity contribution in [1.82, 2.24) is 4.57 Å². The Balaban J connectivity index is 1.66. The molecule has 10 heteroatoms. The van der Waals surface area contributed by atoms with E-state index < -0.39 is 23.0 Å². The normalized spacial score (nSPS) is 11.0. The van der Waals surface area contributed by atoms with Gasteiger partial charge in [0, 0.05) is 60.0 Å². The molecule has 0 N–H and O–H groups in total. The van der Waals surface area contributed by atoms with E-state index in [0.29, 0.717) is 34.3 Å². The van der Waals surface area contributed by atoms with Crippen LogP contribution in [0.3, 0.4) is 0 Å². The minimum Gasteiger partial charge on any atom is -0.497 e. The number of methoxy groups -OCH3 is 2. The quantitative estimate of drug-likeness (QED) is 0.154. The lowest BCUT2D eigenvalue weighted by molar-refractivity contribution is 0.0987. The second-order valence-electron chi connectivity index (χ2n) is 9.86. The molecule has 0 unspecified atom stereocenters. The lowest BCUT2D eigenvalue weighted by Gasteiger charge is -2.22. The standard InChI is InChI=1S/C34H29ClF2N2O5/c1-4-38(25-12-23(36)11-24(37)13-25)34(41)31-19-39(32-17-27(42-2)9-10-30(32)33(31)40)26-14-28(43-3)16-29(15-26)44-20-22-8-6-5-7-21(22)18-35/h5-17,19H,4,18,20H2,1-3H3. The molecule has 0 bridgehead atoms. The Bertz CT molecular complexity index is 1890. The van der Waals surface area contributed by atoms with Gasteiger partial charge in [-0.2, -0.15) is 0 Å². The van der Waals surface area contributed by atoms with E-state index in [4.69, 9.17) is 25.8 Å². The molecular formula is C34H29ClF2N2O5. The number of ether oxygens (including phenoxy) is 3. The highest BCUT2D eigenvalue weighted by Gasteiger charge is 2.24. The fourth-order valence-electron chi connectivity index (χ4n) is 4.97. The number of hydrogen-bond donors (Lipinski definition) is 0. The van der Waals surface area contributed by atoms with Gasteiger partial charge in [-0.15, -0.1) is 11.6 Å². The molecule has 4 aromatic carbocycles. The molecule has 0 spiro atoms. The Kier molecular flexibility index (Phi) is 9.15. The highest BCUT2D eigenvalue weighted by molar-refractivity contribution is 6.17. The predicted octanol–water partition coefficient (Wildman–Crippen LogP) is 7.27. The Morgan fingerprint density at radius 2 is 1.55 bits per heavy atom. The number of carbonyl (C=O) groups is 1. The van der Waals surface area contributed by atoms with Crippen molar-refractivity contribution in [2.24, 2.45) is 0 Å². The highest BCUT2D eigenvalue weighted by Crippen LogP contribution is 2.30. The molecule has 0 aliphatic rings. The Labute approximate surface area is 257 Å². The number of carbonyl (C=O) groups excluding carboxylic acids is 1. The van der Waals surface area contributed by atoms with Crippen molar-refractivity contribution in [3.63, 3.8) is 0 Å². The van der Waals surface area contributed by atoms with Gasteiger partial charge in [0.15, 0.2) is 0 Å². The lowest BCUT2D eigenvalue weighted by atomic mass is 10.1. The number of nitrogens with zero attached hydrogens (tertiary/aromatic N) is 2. The number of amides is 1. The molecule has 0 atom stereocenters. The van der Waals surface area contributed by atoms with Gasteiger partial charge in [-0.05, 0) is 42.3 Å². The third kappa shape index (κ3) is 6.23. The van der Waals surface area contributed by atoms with Gasteiger partial charge < -0.3 is 23.7 Å². The number of aromatic nitrogens is 1. The van der Waals surface area contributed by atoms with Gasteiger partial charge >= 0.3 is 0 Å². The maximum atomic E-state index is 14.1. The number of pyridine rings is 1. The average Bonchev–Trinajstić information content (AvgIpc) is 3.03. The smallest absolute Gasteiger partial charge is 0.263 e. The summed E-state index contributed by atoms with van der Waals surface area (Å²) in [7, 11) is 3.03. The zero-order chi connectivity index (χ0) is 31.4. The monoisotopic (exact) mass is 618 g/mol. The summed E-state index contributed by atoms with van der Waals surface area (Å²) in [5.41, 5.74) is 2.09. The van der Waals surface area contributed by atoms with Crippen LogP contribution < -0.4 is 24.5 Å². The maximum Gasteiger partial charge on any atom is 0.263 e. The van der Waals surface area contributed by atoms with Gasteiger partial charge in [-0.25, -0.2) is 8.78 Å². The molecule has 7 nitrogen and oxygen atoms in total. The Morgan fingerprint density at radius 3 is 2.20 bits per heavy atom. The molecule has 0 fully saturated rings. The first-order chi connectivity index (χ1) is 21.3. The largest absolute Gasteiger partial charge is 0.497 e. The maximum absolute atomic E-state index is 14.1. The van der Waals surface area contributed by atoms with Crippen molar-refractivity contribution in [3.05, 3.63) is 124 Å². The van der Waals surface area contributed by atoms with Crippen molar-refractivity contribution in [1.29, 1.82) is 0 Å². The van der Waals surface area contributed by atoms with Crippen LogP contribution in [0.1, 0.15) is 28.4 Å². The first-order valence-electron chi connectivity index (χ1n) is 13.7. The van der Waals surface area contributed by atoms with E-state index in [9.17, 15) is 18.4 Å². The molecule has 0 aliphatic carbocycles. The van der Waals surface area contributed by atoms with Crippen LogP contribution in [0.2, 0.25) is 0 Å². The predicted molar refractivity (Wildman–Crippen MR) is 167 cm³/mol. The SMILES string of the molecule is CCN(C(=O)c1cn(-c2cc(OC)cc(OCc3ccccc3CCl)c2)c2cc(OC)ccc2c1=O)c1cc(F)cc(F)c1. The zero-order valence-corrected chi connectivity index (χ0v) is 25.0. The highest BCUT2D eigenvalue weighted by atomic mass is 35.5. The van der Waals surface area contributed by atoms with E-state index >= 15 is 0 Å². The van der Waals surface area contributed by atoms with Crippen molar-refractivity contribution in [2.75, 3.05) is 25.7 Å². The topological polar surface area (TPSA) is 70.0 Å². The minimum atomic E-state index is -0.841. The van der Waals surface area contributed by atoms with Crippen molar-refractivity contribution in [2.45, 2.75) is 19.4 Å². The summed E-state index contributed by atoms with van der Waals surface area (Å²) in [6.45, 7) is 1.95. The van der Waals surface area contributed by atoms with Crippen LogP contribution in [0, 0.1) is 11.6 Å². The molecular weight excluding hydrogens is 590 g/mol. The summed E-state index contributed by atoms with van der Waals surface area (Å²) >= 11 is 6.10. The van der Waals surface area contributed by atoms with Gasteiger partial charge in [0.25, 0.3) is 5.91 Å². The molecule has 5 aromatic rings. The van der Waals surface area contributed by atoms with Gasteiger partial charge in [0.2, 0.25) is 5.43 Å². The average molecular weight is 619 g/mol. The van der Waals surface area contributed by atoms with Crippen LogP contribution in [0.15, 0.2) is 89.9 Å². The Hall–Kier alpha value is -4.89. The van der Waals surface area contributed by atoms with E-state index in [1.807, 2.05) is 24.3 Å². The van der Waals surface area contributed by atoms with E-state index in [1.165, 1.54) is 20.4 Å². The number of benzene rings is 4. The molecule has 226 valence electrons. The third-order valence-electron chi connectivity index (χ3n) is 7.20. The summed E-state index contributed by atoms with van der Waals surface area (Å²) in [4.78, 5) is 28.8. The summed E-state index contributed by atoms with van der Waals surface area (Å²) in [6, 6.07) is 20.6. The number of hydrogen-bond acceptors (Lipinski definition) is 5. The number of rotatable bonds is 10. The van der Waals surface area contributed by atoms with Crippen molar-refractivity contribution < 1.29 is 27.8 Å². The van der Waals surface area contributed by atoms with E-state index in [-0.39, 0.29) is 29.8 Å². The number of anilines is 1. The third-order valence-corrected chi connectivity index (χ3v) is 7.49. The van der Waals surface area contributed by atoms with E-state index in [2.05, 4.69) is 0 Å². The molecule has 0 radical (unpaired) electrons. The van der Waals surface area contributed by atoms with Gasteiger partial charge in [-0.3, -0.25) is 9.59 Å². The van der Waals surface area contributed by atoms with Gasteiger partial charge in [-0.1, -0.05) is 24.3 Å². The Morgan fingerprint density at radius 1 is 0.864 bits per heavy atom. The van der Waals surface area contributed by atoms with Crippen LogP contribution in [-0.4, -0.2) is 31.2 Å². The molecule has 0 aliphatic heterocycles. The number of fused-ring (bicyclic) bond motifs is 1. The van der Waals surface area contributed by atoms with Crippen LogP contribution in [0.5, 0.6) is 17.2 Å². The second kappa shape index (κ2) is 13.2. The molecule has 5 rings (SSSR count). The van der Waals surface area contributed by atoms with Crippen LogP contribution in [0.4, 0.5) is 14.5 Å². The summed E-state index contributed by atoms with van der Waals surface area (Å²) in [5.74, 6) is -0.632. The summed E-state index contributed by atoms with van der Waals surface area (Å²) in [5, 5.41) is 0.236. The first-order valence-corrected chi connectivity index (χ1v) is 14.3. The van der Waals surface area contributed by atoms with Crippen LogP contribution in [0.25, 0.3) is 16.6 Å². The fraction of sp³-hybridized carbons (Fsp3) is 0.176.